The standard InChI is InChI=1S/C8H10F3NO2/c1-2-3-4-12(5-7(13)14)6-8(9,10)11/h4-6H2,1H3,(H,13,14). The van der Waals surface area contributed by atoms with Crippen molar-refractivity contribution in [2.24, 2.45) is 0 Å². The van der Waals surface area contributed by atoms with E-state index in [1.807, 2.05) is 0 Å². The highest BCUT2D eigenvalue weighted by atomic mass is 19.4. The monoisotopic (exact) mass is 209 g/mol. The van der Waals surface area contributed by atoms with Crippen molar-refractivity contribution in [3.05, 3.63) is 0 Å². The van der Waals surface area contributed by atoms with Gasteiger partial charge in [-0.15, -0.1) is 5.92 Å². The molecule has 0 amide bonds. The molecule has 0 bridgehead atoms. The second-order valence-electron chi connectivity index (χ2n) is 2.58. The molecule has 0 spiro atoms. The number of carboxylic acid groups (broad SMARTS) is 1. The van der Waals surface area contributed by atoms with E-state index >= 15 is 0 Å². The van der Waals surface area contributed by atoms with E-state index in [0.717, 1.165) is 4.90 Å². The largest absolute Gasteiger partial charge is 0.480 e. The summed E-state index contributed by atoms with van der Waals surface area (Å²) in [5.74, 6) is 3.50. The molecule has 0 fully saturated rings. The fourth-order valence-electron chi connectivity index (χ4n) is 0.803. The van der Waals surface area contributed by atoms with Gasteiger partial charge in [0.05, 0.1) is 19.6 Å². The number of aliphatic carboxylic acids is 1. The van der Waals surface area contributed by atoms with Gasteiger partial charge in [-0.05, 0) is 6.92 Å². The third kappa shape index (κ3) is 7.43. The lowest BCUT2D eigenvalue weighted by Crippen LogP contribution is -2.38. The molecule has 0 aliphatic rings. The van der Waals surface area contributed by atoms with E-state index in [0.29, 0.717) is 0 Å². The zero-order chi connectivity index (χ0) is 11.2. The molecule has 0 heterocycles. The molecule has 0 aromatic heterocycles. The number of halogens is 3. The highest BCUT2D eigenvalue weighted by Gasteiger charge is 2.31. The minimum Gasteiger partial charge on any atom is -0.480 e. The Morgan fingerprint density at radius 1 is 1.50 bits per heavy atom. The topological polar surface area (TPSA) is 40.5 Å². The highest BCUT2D eigenvalue weighted by Crippen LogP contribution is 2.15. The van der Waals surface area contributed by atoms with Crippen LogP contribution in [-0.2, 0) is 4.79 Å². The van der Waals surface area contributed by atoms with Crippen LogP contribution >= 0.6 is 0 Å². The average molecular weight is 209 g/mol. The fraction of sp³-hybridized carbons (Fsp3) is 0.625. The lowest BCUT2D eigenvalue weighted by Gasteiger charge is -2.18. The van der Waals surface area contributed by atoms with Crippen molar-refractivity contribution in [1.82, 2.24) is 4.90 Å². The normalized spacial score (nSPS) is 10.9. The minimum absolute atomic E-state index is 0.192. The Hall–Kier alpha value is -1.22. The molecule has 0 atom stereocenters. The van der Waals surface area contributed by atoms with Crippen LogP contribution in [0.25, 0.3) is 0 Å². The van der Waals surface area contributed by atoms with Crippen LogP contribution in [0.4, 0.5) is 13.2 Å². The van der Waals surface area contributed by atoms with Gasteiger partial charge in [0.2, 0.25) is 0 Å². The number of nitrogens with zero attached hydrogens (tertiary/aromatic N) is 1. The Bertz CT molecular complexity index is 252. The third-order valence-corrected chi connectivity index (χ3v) is 1.24. The highest BCUT2D eigenvalue weighted by molar-refractivity contribution is 5.69. The summed E-state index contributed by atoms with van der Waals surface area (Å²) in [6, 6.07) is 0. The molecule has 0 aromatic carbocycles. The Balaban J connectivity index is 4.22. The first-order chi connectivity index (χ1) is 6.35. The molecule has 14 heavy (non-hydrogen) atoms. The zero-order valence-corrected chi connectivity index (χ0v) is 7.56. The quantitative estimate of drug-likeness (QED) is 0.701. The maximum absolute atomic E-state index is 11.9. The van der Waals surface area contributed by atoms with E-state index in [-0.39, 0.29) is 6.54 Å². The molecule has 0 unspecified atom stereocenters. The van der Waals surface area contributed by atoms with Crippen molar-refractivity contribution in [2.75, 3.05) is 19.6 Å². The third-order valence-electron chi connectivity index (χ3n) is 1.24. The minimum atomic E-state index is -4.40. The van der Waals surface area contributed by atoms with E-state index < -0.39 is 25.2 Å². The van der Waals surface area contributed by atoms with Crippen LogP contribution in [0.2, 0.25) is 0 Å². The molecule has 1 N–H and O–H groups in total. The van der Waals surface area contributed by atoms with Crippen molar-refractivity contribution >= 4 is 5.97 Å². The van der Waals surface area contributed by atoms with Crippen LogP contribution in [0, 0.1) is 11.8 Å². The van der Waals surface area contributed by atoms with Gasteiger partial charge in [-0.2, -0.15) is 13.2 Å². The van der Waals surface area contributed by atoms with Crippen molar-refractivity contribution in [2.45, 2.75) is 13.1 Å². The van der Waals surface area contributed by atoms with E-state index in [4.69, 9.17) is 5.11 Å². The zero-order valence-electron chi connectivity index (χ0n) is 7.56. The van der Waals surface area contributed by atoms with Gasteiger partial charge in [0.15, 0.2) is 0 Å². The van der Waals surface area contributed by atoms with Gasteiger partial charge in [-0.1, -0.05) is 5.92 Å². The predicted octanol–water partition coefficient (Wildman–Crippen LogP) is 0.959. The molecule has 0 rings (SSSR count). The average Bonchev–Trinajstić information content (AvgIpc) is 1.96. The van der Waals surface area contributed by atoms with Gasteiger partial charge < -0.3 is 5.11 Å². The summed E-state index contributed by atoms with van der Waals surface area (Å²) in [4.78, 5) is 10.9. The van der Waals surface area contributed by atoms with Gasteiger partial charge >= 0.3 is 12.1 Å². The number of alkyl halides is 3. The molecule has 0 saturated carbocycles. The van der Waals surface area contributed by atoms with E-state index in [9.17, 15) is 18.0 Å². The number of carbonyl (C=O) groups is 1. The van der Waals surface area contributed by atoms with Gasteiger partial charge in [0.1, 0.15) is 0 Å². The van der Waals surface area contributed by atoms with Crippen molar-refractivity contribution in [3.8, 4) is 11.8 Å². The van der Waals surface area contributed by atoms with Gasteiger partial charge in [-0.3, -0.25) is 9.69 Å². The summed E-state index contributed by atoms with van der Waals surface area (Å²) in [7, 11) is 0. The van der Waals surface area contributed by atoms with Gasteiger partial charge in [0, 0.05) is 0 Å². The van der Waals surface area contributed by atoms with Crippen LogP contribution in [0.3, 0.4) is 0 Å². The summed E-state index contributed by atoms with van der Waals surface area (Å²) >= 11 is 0. The van der Waals surface area contributed by atoms with Crippen molar-refractivity contribution in [3.63, 3.8) is 0 Å². The predicted molar refractivity (Wildman–Crippen MR) is 43.6 cm³/mol. The smallest absolute Gasteiger partial charge is 0.401 e. The number of rotatable bonds is 4. The van der Waals surface area contributed by atoms with Crippen LogP contribution in [0.1, 0.15) is 6.92 Å². The summed E-state index contributed by atoms with van der Waals surface area (Å²) in [6.45, 7) is -0.628. The summed E-state index contributed by atoms with van der Waals surface area (Å²) in [6.07, 6.45) is -4.40. The molecular formula is C8H10F3NO2. The first-order valence-corrected chi connectivity index (χ1v) is 3.75. The van der Waals surface area contributed by atoms with E-state index in [2.05, 4.69) is 11.8 Å². The first kappa shape index (κ1) is 12.8. The lowest BCUT2D eigenvalue weighted by atomic mass is 10.4. The summed E-state index contributed by atoms with van der Waals surface area (Å²) in [5, 5.41) is 8.32. The van der Waals surface area contributed by atoms with E-state index in [1.165, 1.54) is 6.92 Å². The number of hydrogen-bond donors (Lipinski definition) is 1. The van der Waals surface area contributed by atoms with E-state index in [1.54, 1.807) is 0 Å². The van der Waals surface area contributed by atoms with Crippen LogP contribution in [0.5, 0.6) is 0 Å². The Kier molecular flexibility index (Phi) is 5.02. The SMILES string of the molecule is CC#CCN(CC(=O)O)CC(F)(F)F. The molecule has 0 aliphatic heterocycles. The lowest BCUT2D eigenvalue weighted by molar-refractivity contribution is -0.152. The van der Waals surface area contributed by atoms with Crippen molar-refractivity contribution in [1.29, 1.82) is 0 Å². The first-order valence-electron chi connectivity index (χ1n) is 3.75. The number of hydrogen-bond acceptors (Lipinski definition) is 2. The molecule has 0 aromatic rings. The second-order valence-corrected chi connectivity index (χ2v) is 2.58. The van der Waals surface area contributed by atoms with Crippen LogP contribution < -0.4 is 0 Å². The summed E-state index contributed by atoms with van der Waals surface area (Å²) < 4.78 is 35.7. The Labute approximate surface area is 79.5 Å². The molecule has 3 nitrogen and oxygen atoms in total. The number of carboxylic acids is 1. The maximum Gasteiger partial charge on any atom is 0.401 e. The molecule has 0 radical (unpaired) electrons. The van der Waals surface area contributed by atoms with Gasteiger partial charge in [-0.25, -0.2) is 0 Å². The van der Waals surface area contributed by atoms with Crippen molar-refractivity contribution < 1.29 is 23.1 Å². The molecule has 80 valence electrons. The molecule has 0 aliphatic carbocycles. The van der Waals surface area contributed by atoms with Gasteiger partial charge in [0.25, 0.3) is 0 Å². The fourth-order valence-corrected chi connectivity index (χ4v) is 0.803. The summed E-state index contributed by atoms with van der Waals surface area (Å²) in [5.41, 5.74) is 0. The van der Waals surface area contributed by atoms with Crippen LogP contribution in [0.15, 0.2) is 0 Å². The molecule has 6 heteroatoms. The Morgan fingerprint density at radius 2 is 2.07 bits per heavy atom. The Morgan fingerprint density at radius 3 is 2.43 bits per heavy atom. The molecular weight excluding hydrogens is 199 g/mol. The maximum atomic E-state index is 11.9. The van der Waals surface area contributed by atoms with Crippen LogP contribution in [-0.4, -0.2) is 41.8 Å². The molecule has 0 saturated heterocycles. The second kappa shape index (κ2) is 5.50.